The van der Waals surface area contributed by atoms with Crippen molar-refractivity contribution in [2.75, 3.05) is 28.4 Å². The summed E-state index contributed by atoms with van der Waals surface area (Å²) in [5.74, 6) is 5.01. The molecule has 2 saturated carbocycles. The van der Waals surface area contributed by atoms with Gasteiger partial charge in [-0.2, -0.15) is 0 Å². The van der Waals surface area contributed by atoms with Crippen LogP contribution in [0.1, 0.15) is 87.5 Å². The van der Waals surface area contributed by atoms with Crippen molar-refractivity contribution in [3.05, 3.63) is 119 Å². The van der Waals surface area contributed by atoms with E-state index in [1.54, 1.807) is 28.4 Å². The molecule has 0 bridgehead atoms. The Bertz CT molecular complexity index is 1350. The van der Waals surface area contributed by atoms with E-state index in [-0.39, 0.29) is 16.2 Å². The maximum atomic E-state index is 5.52. The van der Waals surface area contributed by atoms with Gasteiger partial charge >= 0.3 is 0 Å². The highest BCUT2D eigenvalue weighted by atomic mass is 16.5. The standard InChI is InChI=1S/C43H52O4/c1-41(2,31-23-27-42(28-24-31,33-7-15-37(44-3)16-8-33)34-9-17-38(45-4)18-10-34)32-25-29-43(30-26-32,35-11-19-39(46-5)20-12-35)36-13-21-40(47-6)22-14-36/h7-22,31-32H,23-30H2,1-6H3. The highest BCUT2D eigenvalue weighted by Gasteiger charge is 2.48. The average Bonchev–Trinajstić information content (AvgIpc) is 3.15. The van der Waals surface area contributed by atoms with Gasteiger partial charge in [-0.3, -0.25) is 0 Å². The minimum Gasteiger partial charge on any atom is -0.497 e. The topological polar surface area (TPSA) is 36.9 Å². The lowest BCUT2D eigenvalue weighted by Gasteiger charge is -2.51. The fourth-order valence-corrected chi connectivity index (χ4v) is 9.17. The van der Waals surface area contributed by atoms with E-state index >= 15 is 0 Å². The number of hydrogen-bond acceptors (Lipinski definition) is 4. The first-order chi connectivity index (χ1) is 22.8. The van der Waals surface area contributed by atoms with Crippen LogP contribution in [0, 0.1) is 17.3 Å². The van der Waals surface area contributed by atoms with Gasteiger partial charge in [0.2, 0.25) is 0 Å². The molecule has 0 heterocycles. The van der Waals surface area contributed by atoms with Gasteiger partial charge in [0.1, 0.15) is 23.0 Å². The Morgan fingerprint density at radius 2 is 0.617 bits per heavy atom. The quantitative estimate of drug-likeness (QED) is 0.174. The van der Waals surface area contributed by atoms with Crippen LogP contribution in [-0.4, -0.2) is 28.4 Å². The molecule has 0 radical (unpaired) electrons. The minimum absolute atomic E-state index is 0.00439. The summed E-state index contributed by atoms with van der Waals surface area (Å²) >= 11 is 0. The first-order valence-corrected chi connectivity index (χ1v) is 17.4. The van der Waals surface area contributed by atoms with Crippen LogP contribution in [0.2, 0.25) is 0 Å². The number of benzene rings is 4. The van der Waals surface area contributed by atoms with E-state index in [0.717, 1.165) is 48.7 Å². The summed E-state index contributed by atoms with van der Waals surface area (Å²) in [6, 6.07) is 35.3. The number of ether oxygens (including phenoxy) is 4. The highest BCUT2D eigenvalue weighted by Crippen LogP contribution is 2.57. The van der Waals surface area contributed by atoms with Crippen molar-refractivity contribution in [2.45, 2.75) is 76.0 Å². The second kappa shape index (κ2) is 13.7. The predicted molar refractivity (Wildman–Crippen MR) is 191 cm³/mol. The van der Waals surface area contributed by atoms with Gasteiger partial charge in [0, 0.05) is 10.8 Å². The lowest BCUT2D eigenvalue weighted by Crippen LogP contribution is -2.43. The smallest absolute Gasteiger partial charge is 0.118 e. The summed E-state index contributed by atoms with van der Waals surface area (Å²) in [4.78, 5) is 0. The largest absolute Gasteiger partial charge is 0.497 e. The van der Waals surface area contributed by atoms with Crippen LogP contribution in [-0.2, 0) is 10.8 Å². The zero-order chi connectivity index (χ0) is 33.1. The molecule has 4 nitrogen and oxygen atoms in total. The number of methoxy groups -OCH3 is 4. The van der Waals surface area contributed by atoms with E-state index < -0.39 is 0 Å². The lowest BCUT2D eigenvalue weighted by atomic mass is 9.53. The summed E-state index contributed by atoms with van der Waals surface area (Å²) in [6.45, 7) is 5.15. The van der Waals surface area contributed by atoms with E-state index in [0.29, 0.717) is 11.8 Å². The Kier molecular flexibility index (Phi) is 9.60. The molecule has 0 spiro atoms. The molecule has 0 saturated heterocycles. The fraction of sp³-hybridized carbons (Fsp3) is 0.442. The van der Waals surface area contributed by atoms with Crippen LogP contribution in [0.5, 0.6) is 23.0 Å². The van der Waals surface area contributed by atoms with Crippen LogP contribution >= 0.6 is 0 Å². The molecule has 248 valence electrons. The molecule has 0 aromatic heterocycles. The predicted octanol–water partition coefficient (Wildman–Crippen LogP) is 10.4. The maximum Gasteiger partial charge on any atom is 0.118 e. The van der Waals surface area contributed by atoms with Crippen LogP contribution in [0.15, 0.2) is 97.1 Å². The molecular formula is C43H52O4. The third-order valence-electron chi connectivity index (χ3n) is 12.4. The first-order valence-electron chi connectivity index (χ1n) is 17.4. The Hall–Kier alpha value is -3.92. The second-order valence-corrected chi connectivity index (χ2v) is 14.4. The Morgan fingerprint density at radius 3 is 0.809 bits per heavy atom. The second-order valence-electron chi connectivity index (χ2n) is 14.4. The van der Waals surface area contributed by atoms with Crippen LogP contribution in [0.25, 0.3) is 0 Å². The van der Waals surface area contributed by atoms with Crippen molar-refractivity contribution in [1.82, 2.24) is 0 Å². The van der Waals surface area contributed by atoms with Crippen LogP contribution in [0.4, 0.5) is 0 Å². The molecule has 4 heteroatoms. The molecule has 6 rings (SSSR count). The normalized spacial score (nSPS) is 18.3. The van der Waals surface area contributed by atoms with Gasteiger partial charge < -0.3 is 18.9 Å². The lowest BCUT2D eigenvalue weighted by molar-refractivity contribution is 0.0364. The summed E-state index contributed by atoms with van der Waals surface area (Å²) in [7, 11) is 6.96. The Labute approximate surface area is 282 Å². The van der Waals surface area contributed by atoms with Gasteiger partial charge in [0.25, 0.3) is 0 Å². The fourth-order valence-electron chi connectivity index (χ4n) is 9.17. The average molecular weight is 633 g/mol. The summed E-state index contributed by atoms with van der Waals surface area (Å²) in [5, 5.41) is 0. The van der Waals surface area contributed by atoms with Crippen molar-refractivity contribution in [1.29, 1.82) is 0 Å². The van der Waals surface area contributed by atoms with E-state index in [9.17, 15) is 0 Å². The molecule has 0 unspecified atom stereocenters. The van der Waals surface area contributed by atoms with Crippen molar-refractivity contribution in [2.24, 2.45) is 17.3 Å². The minimum atomic E-state index is -0.00439. The van der Waals surface area contributed by atoms with Crippen molar-refractivity contribution < 1.29 is 18.9 Å². The molecule has 2 aliphatic rings. The van der Waals surface area contributed by atoms with E-state index in [4.69, 9.17) is 18.9 Å². The van der Waals surface area contributed by atoms with Crippen LogP contribution in [0.3, 0.4) is 0 Å². The molecule has 47 heavy (non-hydrogen) atoms. The molecule has 2 fully saturated rings. The van der Waals surface area contributed by atoms with Gasteiger partial charge in [-0.1, -0.05) is 62.4 Å². The van der Waals surface area contributed by atoms with Crippen molar-refractivity contribution in [3.63, 3.8) is 0 Å². The molecule has 0 amide bonds. The van der Waals surface area contributed by atoms with Crippen molar-refractivity contribution >= 4 is 0 Å². The van der Waals surface area contributed by atoms with Gasteiger partial charge in [0.15, 0.2) is 0 Å². The Morgan fingerprint density at radius 1 is 0.404 bits per heavy atom. The zero-order valence-corrected chi connectivity index (χ0v) is 29.2. The molecule has 4 aromatic rings. The molecule has 0 aliphatic heterocycles. The molecule has 2 aliphatic carbocycles. The monoisotopic (exact) mass is 632 g/mol. The highest BCUT2D eigenvalue weighted by molar-refractivity contribution is 5.45. The zero-order valence-electron chi connectivity index (χ0n) is 29.2. The van der Waals surface area contributed by atoms with Crippen LogP contribution < -0.4 is 18.9 Å². The number of rotatable bonds is 10. The first kappa shape index (κ1) is 33.0. The van der Waals surface area contributed by atoms with E-state index in [1.807, 2.05) is 0 Å². The van der Waals surface area contributed by atoms with Gasteiger partial charge in [0.05, 0.1) is 28.4 Å². The molecule has 0 N–H and O–H groups in total. The Balaban J connectivity index is 1.23. The molecule has 0 atom stereocenters. The third-order valence-corrected chi connectivity index (χ3v) is 12.4. The summed E-state index contributed by atoms with van der Waals surface area (Å²) in [5.41, 5.74) is 5.81. The van der Waals surface area contributed by atoms with Gasteiger partial charge in [-0.15, -0.1) is 0 Å². The maximum absolute atomic E-state index is 5.52. The van der Waals surface area contributed by atoms with Gasteiger partial charge in [-0.25, -0.2) is 0 Å². The van der Waals surface area contributed by atoms with Gasteiger partial charge in [-0.05, 0) is 139 Å². The molecule has 4 aromatic carbocycles. The summed E-state index contributed by atoms with van der Waals surface area (Å²) < 4.78 is 22.1. The van der Waals surface area contributed by atoms with Crippen molar-refractivity contribution in [3.8, 4) is 23.0 Å². The SMILES string of the molecule is COc1ccc(C2(c3ccc(OC)cc3)CCC(C(C)(C)C3CCC(c4ccc(OC)cc4)(c4ccc(OC)cc4)CC3)CC2)cc1. The third kappa shape index (κ3) is 6.24. The van der Waals surface area contributed by atoms with E-state index in [2.05, 4.69) is 111 Å². The molecular weight excluding hydrogens is 580 g/mol. The summed E-state index contributed by atoms with van der Waals surface area (Å²) in [6.07, 6.45) is 9.49. The van der Waals surface area contributed by atoms with E-state index in [1.165, 1.54) is 47.9 Å². The number of hydrogen-bond donors (Lipinski definition) is 0.